The normalized spacial score (nSPS) is 16.8. The summed E-state index contributed by atoms with van der Waals surface area (Å²) in [5.74, 6) is 0.590. The number of amidine groups is 1. The molecule has 3 nitrogen and oxygen atoms in total. The van der Waals surface area contributed by atoms with E-state index in [4.69, 9.17) is 5.73 Å². The average molecular weight is 347 g/mol. The van der Waals surface area contributed by atoms with E-state index in [1.165, 1.54) is 16.7 Å². The molecule has 126 valence electrons. The number of nitrogens with one attached hydrogen (secondary N) is 1. The SMILES string of the molecule is NC(=Nc1ccc2c(c1)CC(NCc1ccccc1)C2)c1cccs1. The maximum Gasteiger partial charge on any atom is 0.141 e. The van der Waals surface area contributed by atoms with Crippen LogP contribution in [0.5, 0.6) is 0 Å². The van der Waals surface area contributed by atoms with E-state index in [9.17, 15) is 0 Å². The highest BCUT2D eigenvalue weighted by Crippen LogP contribution is 2.27. The fraction of sp³-hybridized carbons (Fsp3) is 0.190. The number of thiophene rings is 1. The molecule has 0 aliphatic heterocycles. The Bertz CT molecular complexity index is 869. The minimum absolute atomic E-state index is 0.490. The van der Waals surface area contributed by atoms with E-state index in [2.05, 4.69) is 58.8 Å². The van der Waals surface area contributed by atoms with Gasteiger partial charge in [0.05, 0.1) is 10.6 Å². The summed E-state index contributed by atoms with van der Waals surface area (Å²) >= 11 is 1.61. The molecule has 0 bridgehead atoms. The van der Waals surface area contributed by atoms with E-state index >= 15 is 0 Å². The summed E-state index contributed by atoms with van der Waals surface area (Å²) in [6, 6.07) is 21.5. The van der Waals surface area contributed by atoms with Crippen LogP contribution in [0, 0.1) is 0 Å². The highest BCUT2D eigenvalue weighted by atomic mass is 32.1. The zero-order valence-electron chi connectivity index (χ0n) is 14.0. The minimum Gasteiger partial charge on any atom is -0.383 e. The van der Waals surface area contributed by atoms with E-state index in [-0.39, 0.29) is 0 Å². The number of aliphatic imine (C=N–C) groups is 1. The molecule has 0 radical (unpaired) electrons. The number of nitrogens with zero attached hydrogens (tertiary/aromatic N) is 1. The molecule has 1 aliphatic rings. The Morgan fingerprint density at radius 1 is 1.04 bits per heavy atom. The predicted octanol–water partition coefficient (Wildman–Crippen LogP) is 4.04. The van der Waals surface area contributed by atoms with Crippen molar-refractivity contribution in [1.29, 1.82) is 0 Å². The summed E-state index contributed by atoms with van der Waals surface area (Å²) in [5, 5.41) is 5.69. The molecule has 0 fully saturated rings. The Labute approximate surface area is 152 Å². The third kappa shape index (κ3) is 3.81. The summed E-state index contributed by atoms with van der Waals surface area (Å²) in [6.45, 7) is 0.913. The molecule has 0 amide bonds. The van der Waals surface area contributed by atoms with Gasteiger partial charge in [-0.1, -0.05) is 42.5 Å². The van der Waals surface area contributed by atoms with Gasteiger partial charge in [-0.2, -0.15) is 0 Å². The van der Waals surface area contributed by atoms with Gasteiger partial charge in [0, 0.05) is 12.6 Å². The van der Waals surface area contributed by atoms with Gasteiger partial charge in [-0.15, -0.1) is 11.3 Å². The van der Waals surface area contributed by atoms with Crippen molar-refractivity contribution in [3.8, 4) is 0 Å². The van der Waals surface area contributed by atoms with Crippen molar-refractivity contribution in [2.45, 2.75) is 25.4 Å². The van der Waals surface area contributed by atoms with Crippen LogP contribution >= 0.6 is 11.3 Å². The van der Waals surface area contributed by atoms with Gasteiger partial charge in [-0.05, 0) is 53.1 Å². The van der Waals surface area contributed by atoms with E-state index in [1.54, 1.807) is 11.3 Å². The minimum atomic E-state index is 0.490. The number of fused-ring (bicyclic) bond motifs is 1. The first-order valence-electron chi connectivity index (χ1n) is 8.55. The molecule has 0 saturated heterocycles. The molecule has 25 heavy (non-hydrogen) atoms. The Hall–Kier alpha value is -2.43. The number of nitrogens with two attached hydrogens (primary N) is 1. The number of hydrogen-bond donors (Lipinski definition) is 2. The molecule has 1 atom stereocenters. The third-order valence-corrected chi connectivity index (χ3v) is 5.48. The van der Waals surface area contributed by atoms with Gasteiger partial charge in [0.2, 0.25) is 0 Å². The van der Waals surface area contributed by atoms with Gasteiger partial charge in [0.1, 0.15) is 5.84 Å². The summed E-state index contributed by atoms with van der Waals surface area (Å²) in [4.78, 5) is 5.60. The average Bonchev–Trinajstić information content (AvgIpc) is 3.30. The first-order chi connectivity index (χ1) is 12.3. The lowest BCUT2D eigenvalue weighted by atomic mass is 10.1. The van der Waals surface area contributed by atoms with Gasteiger partial charge < -0.3 is 11.1 Å². The van der Waals surface area contributed by atoms with E-state index in [1.807, 2.05) is 17.5 Å². The predicted molar refractivity (Wildman–Crippen MR) is 106 cm³/mol. The topological polar surface area (TPSA) is 50.4 Å². The molecule has 0 saturated carbocycles. The van der Waals surface area contributed by atoms with Crippen LogP contribution in [0.4, 0.5) is 5.69 Å². The van der Waals surface area contributed by atoms with Crippen molar-refractivity contribution in [3.05, 3.63) is 87.6 Å². The highest BCUT2D eigenvalue weighted by molar-refractivity contribution is 7.12. The zero-order valence-corrected chi connectivity index (χ0v) is 14.8. The van der Waals surface area contributed by atoms with Crippen molar-refractivity contribution in [2.24, 2.45) is 10.7 Å². The quantitative estimate of drug-likeness (QED) is 0.540. The van der Waals surface area contributed by atoms with Gasteiger partial charge in [-0.3, -0.25) is 0 Å². The molecule has 4 rings (SSSR count). The van der Waals surface area contributed by atoms with Crippen LogP contribution in [0.15, 0.2) is 71.0 Å². The van der Waals surface area contributed by atoms with Crippen LogP contribution in [0.3, 0.4) is 0 Å². The van der Waals surface area contributed by atoms with Crippen molar-refractivity contribution < 1.29 is 0 Å². The maximum absolute atomic E-state index is 6.10. The molecule has 0 spiro atoms. The van der Waals surface area contributed by atoms with Gasteiger partial charge in [0.25, 0.3) is 0 Å². The van der Waals surface area contributed by atoms with E-state index < -0.39 is 0 Å². The van der Waals surface area contributed by atoms with Gasteiger partial charge in [-0.25, -0.2) is 4.99 Å². The Morgan fingerprint density at radius 3 is 2.68 bits per heavy atom. The molecule has 1 aromatic heterocycles. The molecular formula is C21H21N3S. The lowest BCUT2D eigenvalue weighted by molar-refractivity contribution is 0.533. The Balaban J connectivity index is 1.43. The van der Waals surface area contributed by atoms with Crippen LogP contribution in [0.1, 0.15) is 21.6 Å². The first-order valence-corrected chi connectivity index (χ1v) is 9.43. The van der Waals surface area contributed by atoms with Crippen molar-refractivity contribution in [1.82, 2.24) is 5.32 Å². The maximum atomic E-state index is 6.10. The molecule has 4 heteroatoms. The third-order valence-electron chi connectivity index (χ3n) is 4.58. The zero-order chi connectivity index (χ0) is 17.1. The molecule has 1 aliphatic carbocycles. The largest absolute Gasteiger partial charge is 0.383 e. The van der Waals surface area contributed by atoms with Crippen LogP contribution < -0.4 is 11.1 Å². The van der Waals surface area contributed by atoms with Crippen LogP contribution in [0.2, 0.25) is 0 Å². The molecule has 3 N–H and O–H groups in total. The number of rotatable bonds is 5. The fourth-order valence-corrected chi connectivity index (χ4v) is 3.92. The number of benzene rings is 2. The molecule has 1 heterocycles. The smallest absolute Gasteiger partial charge is 0.141 e. The second kappa shape index (κ2) is 7.21. The summed E-state index contributed by atoms with van der Waals surface area (Å²) in [7, 11) is 0. The Kier molecular flexibility index (Phi) is 4.63. The van der Waals surface area contributed by atoms with Gasteiger partial charge >= 0.3 is 0 Å². The lowest BCUT2D eigenvalue weighted by Gasteiger charge is -2.11. The number of hydrogen-bond acceptors (Lipinski definition) is 3. The van der Waals surface area contributed by atoms with Crippen molar-refractivity contribution in [2.75, 3.05) is 0 Å². The van der Waals surface area contributed by atoms with Crippen molar-refractivity contribution in [3.63, 3.8) is 0 Å². The fourth-order valence-electron chi connectivity index (χ4n) is 3.29. The monoisotopic (exact) mass is 347 g/mol. The summed E-state index contributed by atoms with van der Waals surface area (Å²) < 4.78 is 0. The summed E-state index contributed by atoms with van der Waals surface area (Å²) in [6.07, 6.45) is 2.12. The second-order valence-corrected chi connectivity index (χ2v) is 7.35. The molecule has 2 aromatic carbocycles. The second-order valence-electron chi connectivity index (χ2n) is 6.40. The van der Waals surface area contributed by atoms with Crippen LogP contribution in [-0.2, 0) is 19.4 Å². The first kappa shape index (κ1) is 16.1. The standard InChI is InChI=1S/C21H21N3S/c22-21(20-7-4-10-25-20)24-18-9-8-16-11-19(13-17(16)12-18)23-14-15-5-2-1-3-6-15/h1-10,12,19,23H,11,13-14H2,(H2,22,24). The van der Waals surface area contributed by atoms with Crippen LogP contribution in [-0.4, -0.2) is 11.9 Å². The van der Waals surface area contributed by atoms with E-state index in [0.717, 1.165) is 30.0 Å². The molecule has 1 unspecified atom stereocenters. The lowest BCUT2D eigenvalue weighted by Crippen LogP contribution is -2.28. The van der Waals surface area contributed by atoms with Crippen LogP contribution in [0.25, 0.3) is 0 Å². The molecular weight excluding hydrogens is 326 g/mol. The molecule has 3 aromatic rings. The highest BCUT2D eigenvalue weighted by Gasteiger charge is 2.21. The Morgan fingerprint density at radius 2 is 1.88 bits per heavy atom. The summed E-state index contributed by atoms with van der Waals surface area (Å²) in [5.41, 5.74) is 11.2. The van der Waals surface area contributed by atoms with E-state index in [0.29, 0.717) is 11.9 Å². The van der Waals surface area contributed by atoms with Crippen molar-refractivity contribution >= 4 is 22.9 Å². The van der Waals surface area contributed by atoms with Gasteiger partial charge in [0.15, 0.2) is 0 Å².